The zero-order valence-electron chi connectivity index (χ0n) is 52.1. The minimum Gasteiger partial charge on any atom is -0.396 e. The van der Waals surface area contributed by atoms with Crippen LogP contribution in [-0.4, -0.2) is 143 Å². The Balaban J connectivity index is 5.74. The molecule has 0 rings (SSSR count). The summed E-state index contributed by atoms with van der Waals surface area (Å²) in [5.74, 6) is 0. The lowest BCUT2D eigenvalue weighted by molar-refractivity contribution is 0.0718. The molecule has 0 saturated heterocycles. The maximum absolute atomic E-state index is 11.6. The van der Waals surface area contributed by atoms with Gasteiger partial charge < -0.3 is 30.8 Å². The fraction of sp³-hybridized carbons (Fsp3) is 1.00. The molecule has 6 N–H and O–H groups in total. The van der Waals surface area contributed by atoms with Gasteiger partial charge in [0.15, 0.2) is 0 Å². The van der Waals surface area contributed by atoms with Gasteiger partial charge in [0, 0.05) is 59.0 Å². The van der Waals surface area contributed by atoms with E-state index in [1.807, 2.05) is 0 Å². The molecule has 76 heavy (non-hydrogen) atoms. The first-order valence-electron chi connectivity index (χ1n) is 34.5. The van der Waals surface area contributed by atoms with E-state index in [2.05, 4.69) is 47.7 Å². The van der Waals surface area contributed by atoms with Crippen LogP contribution in [0.3, 0.4) is 0 Å². The van der Waals surface area contributed by atoms with Crippen molar-refractivity contribution in [3.63, 3.8) is 0 Å². The van der Waals surface area contributed by atoms with Crippen LogP contribution in [0.4, 0.5) is 0 Å². The number of aliphatic hydroxyl groups excluding tert-OH is 5. The van der Waals surface area contributed by atoms with E-state index in [9.17, 15) is 20.4 Å². The van der Waals surface area contributed by atoms with Crippen molar-refractivity contribution in [3.05, 3.63) is 0 Å². The lowest BCUT2D eigenvalue weighted by atomic mass is 10.0. The highest BCUT2D eigenvalue weighted by molar-refractivity contribution is 4.74. The predicted octanol–water partition coefficient (Wildman–Crippen LogP) is 16.3. The summed E-state index contributed by atoms with van der Waals surface area (Å²) in [7, 11) is 0. The zero-order valence-corrected chi connectivity index (χ0v) is 52.1. The van der Waals surface area contributed by atoms with Crippen LogP contribution in [0.15, 0.2) is 0 Å². The van der Waals surface area contributed by atoms with E-state index in [0.717, 1.165) is 123 Å². The molecule has 0 aromatic rings. The summed E-state index contributed by atoms with van der Waals surface area (Å²) in [5, 5.41) is 57.8. The Kier molecular flexibility index (Phi) is 61.9. The molecule has 0 aliphatic rings. The van der Waals surface area contributed by atoms with Crippen LogP contribution in [0.25, 0.3) is 0 Å². The van der Waals surface area contributed by atoms with Gasteiger partial charge in [-0.15, -0.1) is 0 Å². The molecule has 4 unspecified atom stereocenters. The predicted molar refractivity (Wildman–Crippen MR) is 333 cm³/mol. The van der Waals surface area contributed by atoms with Gasteiger partial charge in [-0.25, -0.2) is 0 Å². The van der Waals surface area contributed by atoms with E-state index in [-0.39, 0.29) is 24.4 Å². The van der Waals surface area contributed by atoms with Crippen LogP contribution in [0, 0.1) is 0 Å². The lowest BCUT2D eigenvalue weighted by Crippen LogP contribution is -2.43. The van der Waals surface area contributed by atoms with Crippen LogP contribution in [0.5, 0.6) is 0 Å². The van der Waals surface area contributed by atoms with E-state index in [4.69, 9.17) is 5.11 Å². The molecule has 0 aromatic heterocycles. The number of hydrogen-bond acceptors (Lipinski definition) is 9. The van der Waals surface area contributed by atoms with E-state index < -0.39 is 0 Å². The molecular weight excluding hydrogens is 941 g/mol. The number of rotatable bonds is 66. The summed E-state index contributed by atoms with van der Waals surface area (Å²) in [5.41, 5.74) is 0. The van der Waals surface area contributed by atoms with E-state index in [1.165, 1.54) is 231 Å². The highest BCUT2D eigenvalue weighted by atomic mass is 16.3. The Morgan fingerprint density at radius 2 is 0.513 bits per heavy atom. The van der Waals surface area contributed by atoms with Crippen LogP contribution in [0.2, 0.25) is 0 Å². The van der Waals surface area contributed by atoms with Crippen molar-refractivity contribution in [2.24, 2.45) is 0 Å². The second-order valence-electron chi connectivity index (χ2n) is 24.4. The largest absolute Gasteiger partial charge is 0.396 e. The van der Waals surface area contributed by atoms with Crippen molar-refractivity contribution < 1.29 is 25.5 Å². The minimum absolute atomic E-state index is 0.294. The van der Waals surface area contributed by atoms with E-state index in [0.29, 0.717) is 26.2 Å². The summed E-state index contributed by atoms with van der Waals surface area (Å²) in [6.45, 7) is 18.5. The molecule has 458 valence electrons. The number of unbranched alkanes of at least 4 members (excludes halogenated alkanes) is 37. The van der Waals surface area contributed by atoms with Crippen molar-refractivity contribution in [1.82, 2.24) is 20.0 Å². The summed E-state index contributed by atoms with van der Waals surface area (Å²) < 4.78 is 0. The van der Waals surface area contributed by atoms with Crippen LogP contribution in [0.1, 0.15) is 329 Å². The molecule has 9 nitrogen and oxygen atoms in total. The molecule has 0 saturated carbocycles. The van der Waals surface area contributed by atoms with Crippen LogP contribution in [-0.2, 0) is 0 Å². The molecule has 4 atom stereocenters. The minimum atomic E-state index is -0.332. The summed E-state index contributed by atoms with van der Waals surface area (Å²) in [6.07, 6.45) is 56.4. The Morgan fingerprint density at radius 3 is 0.829 bits per heavy atom. The monoisotopic (exact) mass is 1080 g/mol. The number of aliphatic hydroxyl groups is 5. The van der Waals surface area contributed by atoms with Gasteiger partial charge in [0.1, 0.15) is 0 Å². The fourth-order valence-corrected chi connectivity index (χ4v) is 11.4. The molecule has 0 aliphatic heterocycles. The third kappa shape index (κ3) is 56.9. The van der Waals surface area contributed by atoms with Crippen LogP contribution >= 0.6 is 0 Å². The number of hydrogen-bond donors (Lipinski definition) is 6. The quantitative estimate of drug-likeness (QED) is 0.0331. The fourth-order valence-electron chi connectivity index (χ4n) is 11.4. The highest BCUT2D eigenvalue weighted by Crippen LogP contribution is 2.17. The van der Waals surface area contributed by atoms with Crippen molar-refractivity contribution in [3.8, 4) is 0 Å². The lowest BCUT2D eigenvalue weighted by Gasteiger charge is -2.31. The molecular formula is C67H140N4O5. The molecule has 0 radical (unpaired) electrons. The van der Waals surface area contributed by atoms with Crippen LogP contribution < -0.4 is 5.32 Å². The van der Waals surface area contributed by atoms with E-state index >= 15 is 0 Å². The molecule has 9 heteroatoms. The van der Waals surface area contributed by atoms with Crippen molar-refractivity contribution in [2.45, 2.75) is 354 Å². The molecule has 0 amide bonds. The van der Waals surface area contributed by atoms with Gasteiger partial charge in [-0.2, -0.15) is 0 Å². The van der Waals surface area contributed by atoms with E-state index in [1.54, 1.807) is 0 Å². The summed E-state index contributed by atoms with van der Waals surface area (Å²) >= 11 is 0. The topological polar surface area (TPSA) is 123 Å². The standard InChI is InChI=1S/C67H140N4O5/c1-5-9-13-17-21-29-35-41-48-64(73)60-68-52-56-69(61-65(74)49-42-36-30-22-18-14-10-6-2)54-47-55-71(63-67(76)51-44-38-32-24-20-16-12-8-4)58-57-70(53-45-39-33-27-25-26-28-34-40-46-59-72)62-66(75)50-43-37-31-23-19-15-11-7-3/h64-68,72-76H,5-63H2,1-4H3. The van der Waals surface area contributed by atoms with Gasteiger partial charge in [-0.1, -0.05) is 285 Å². The SMILES string of the molecule is CCCCCCCCCCC(O)CNCCN(CCCN(CCN(CCCCCCCCCCCCO)CC(O)CCCCCCCCCC)CC(O)CCCCCCCCCC)CC(O)CCCCCCCCCC. The molecule has 0 bridgehead atoms. The third-order valence-electron chi connectivity index (χ3n) is 16.5. The zero-order chi connectivity index (χ0) is 55.5. The van der Waals surface area contributed by atoms with Crippen molar-refractivity contribution in [2.75, 3.05) is 78.6 Å². The first-order chi connectivity index (χ1) is 37.3. The summed E-state index contributed by atoms with van der Waals surface area (Å²) in [4.78, 5) is 7.55. The number of nitrogens with zero attached hydrogens (tertiary/aromatic N) is 3. The van der Waals surface area contributed by atoms with Gasteiger partial charge in [0.25, 0.3) is 0 Å². The first kappa shape index (κ1) is 75.6. The Labute approximate surface area is 476 Å². The molecule has 0 fully saturated rings. The van der Waals surface area contributed by atoms with Gasteiger partial charge in [0.05, 0.1) is 24.4 Å². The maximum Gasteiger partial charge on any atom is 0.0667 e. The molecule has 0 aliphatic carbocycles. The Morgan fingerprint density at radius 1 is 0.263 bits per heavy atom. The molecule has 0 aromatic carbocycles. The van der Waals surface area contributed by atoms with Crippen molar-refractivity contribution >= 4 is 0 Å². The van der Waals surface area contributed by atoms with Gasteiger partial charge >= 0.3 is 0 Å². The second kappa shape index (κ2) is 62.2. The first-order valence-corrected chi connectivity index (χ1v) is 34.5. The Bertz CT molecular complexity index is 1080. The third-order valence-corrected chi connectivity index (χ3v) is 16.5. The maximum atomic E-state index is 11.6. The van der Waals surface area contributed by atoms with Crippen molar-refractivity contribution in [1.29, 1.82) is 0 Å². The normalized spacial score (nSPS) is 13.7. The second-order valence-corrected chi connectivity index (χ2v) is 24.4. The summed E-state index contributed by atoms with van der Waals surface area (Å²) in [6, 6.07) is 0. The molecule has 0 spiro atoms. The van der Waals surface area contributed by atoms with Gasteiger partial charge in [-0.05, 0) is 64.6 Å². The molecule has 0 heterocycles. The van der Waals surface area contributed by atoms with Gasteiger partial charge in [-0.3, -0.25) is 14.7 Å². The van der Waals surface area contributed by atoms with Gasteiger partial charge in [0.2, 0.25) is 0 Å². The average Bonchev–Trinajstić information content (AvgIpc) is 3.41. The highest BCUT2D eigenvalue weighted by Gasteiger charge is 2.18. The smallest absolute Gasteiger partial charge is 0.0667 e. The number of nitrogens with one attached hydrogen (secondary N) is 1. The Hall–Kier alpha value is -0.360. The average molecular weight is 1080 g/mol.